The number of aliphatic carboxylic acids is 1. The third-order valence-corrected chi connectivity index (χ3v) is 4.05. The van der Waals surface area contributed by atoms with Crippen LogP contribution in [0.1, 0.15) is 42.4 Å². The number of rotatable bonds is 8. The lowest BCUT2D eigenvalue weighted by Gasteiger charge is -2.18. The molecule has 1 aromatic heterocycles. The molecule has 0 spiro atoms. The van der Waals surface area contributed by atoms with Crippen molar-refractivity contribution in [3.8, 4) is 0 Å². The van der Waals surface area contributed by atoms with Gasteiger partial charge in [-0.2, -0.15) is 0 Å². The number of nitrogens with one attached hydrogen (secondary N) is 1. The molecule has 0 saturated carbocycles. The summed E-state index contributed by atoms with van der Waals surface area (Å²) < 4.78 is 5.11. The minimum Gasteiger partial charge on any atom is -0.476 e. The van der Waals surface area contributed by atoms with Gasteiger partial charge in [-0.1, -0.05) is 29.4 Å². The number of nitrogens with zero attached hydrogens (tertiary/aromatic N) is 2. The molecule has 0 fully saturated rings. The molecule has 10 nitrogen and oxygen atoms in total. The molecular weight excluding hydrogens is 414 g/mol. The van der Waals surface area contributed by atoms with Crippen LogP contribution in [0.3, 0.4) is 0 Å². The number of carboxylic acids is 1. The van der Waals surface area contributed by atoms with Gasteiger partial charge in [0.15, 0.2) is 11.4 Å². The number of carbonyl (C=O) groups is 4. The van der Waals surface area contributed by atoms with Crippen molar-refractivity contribution < 1.29 is 33.9 Å². The topological polar surface area (TPSA) is 144 Å². The van der Waals surface area contributed by atoms with Crippen LogP contribution in [0.5, 0.6) is 0 Å². The zero-order chi connectivity index (χ0) is 22.3. The summed E-state index contributed by atoms with van der Waals surface area (Å²) >= 11 is 1.00. The normalized spacial score (nSPS) is 11.5. The number of aldehydes is 1. The number of amides is 1. The third-order valence-electron chi connectivity index (χ3n) is 3.29. The van der Waals surface area contributed by atoms with E-state index in [0.29, 0.717) is 5.56 Å². The number of ketones is 1. The van der Waals surface area contributed by atoms with Gasteiger partial charge in [0.1, 0.15) is 17.9 Å². The number of carboxylic acid groups (broad SMARTS) is 1. The zero-order valence-corrected chi connectivity index (χ0v) is 17.2. The molecule has 1 aromatic carbocycles. The lowest BCUT2D eigenvalue weighted by molar-refractivity contribution is -0.129. The summed E-state index contributed by atoms with van der Waals surface area (Å²) in [5.41, 5.74) is -0.293. The van der Waals surface area contributed by atoms with Gasteiger partial charge in [-0.25, -0.2) is 14.6 Å². The number of benzene rings is 1. The SMILES string of the molecule is CC(C)(C)OC(=O)Nc1nc(/C(=N/OCc2ccc(C(=O)C=O)cc2)C(=O)O)cs1. The number of hydrogen-bond donors (Lipinski definition) is 2. The van der Waals surface area contributed by atoms with Gasteiger partial charge in [0.05, 0.1) is 0 Å². The van der Waals surface area contributed by atoms with Gasteiger partial charge >= 0.3 is 12.1 Å². The number of ether oxygens (including phenoxy) is 1. The Hall–Kier alpha value is -3.60. The number of anilines is 1. The number of oxime groups is 1. The summed E-state index contributed by atoms with van der Waals surface area (Å²) in [5.74, 6) is -2.01. The van der Waals surface area contributed by atoms with E-state index in [9.17, 15) is 24.3 Å². The van der Waals surface area contributed by atoms with E-state index in [1.54, 1.807) is 32.9 Å². The van der Waals surface area contributed by atoms with Crippen molar-refractivity contribution in [1.29, 1.82) is 0 Å². The predicted molar refractivity (Wildman–Crippen MR) is 108 cm³/mol. The highest BCUT2D eigenvalue weighted by atomic mass is 32.1. The van der Waals surface area contributed by atoms with E-state index < -0.39 is 29.2 Å². The molecule has 0 aliphatic carbocycles. The third kappa shape index (κ3) is 6.78. The van der Waals surface area contributed by atoms with Crippen molar-refractivity contribution in [3.63, 3.8) is 0 Å². The lowest BCUT2D eigenvalue weighted by Crippen LogP contribution is -2.27. The van der Waals surface area contributed by atoms with E-state index >= 15 is 0 Å². The second kappa shape index (κ2) is 9.74. The minimum atomic E-state index is -1.36. The molecule has 0 radical (unpaired) electrons. The lowest BCUT2D eigenvalue weighted by atomic mass is 10.1. The maximum Gasteiger partial charge on any atom is 0.413 e. The van der Waals surface area contributed by atoms with E-state index in [1.807, 2.05) is 0 Å². The zero-order valence-electron chi connectivity index (χ0n) is 16.4. The quantitative estimate of drug-likeness (QED) is 0.213. The summed E-state index contributed by atoms with van der Waals surface area (Å²) in [5, 5.41) is 16.9. The summed E-state index contributed by atoms with van der Waals surface area (Å²) in [6.45, 7) is 5.06. The number of thiazole rings is 1. The van der Waals surface area contributed by atoms with Crippen molar-refractivity contribution in [2.24, 2.45) is 5.16 Å². The number of Topliss-reactive ketones (excluding diaryl/α,β-unsaturated/α-hetero) is 1. The molecule has 0 atom stereocenters. The Morgan fingerprint density at radius 3 is 2.47 bits per heavy atom. The van der Waals surface area contributed by atoms with Crippen LogP contribution in [0.25, 0.3) is 0 Å². The Morgan fingerprint density at radius 1 is 1.23 bits per heavy atom. The molecule has 158 valence electrons. The van der Waals surface area contributed by atoms with Crippen molar-refractivity contribution in [3.05, 3.63) is 46.5 Å². The monoisotopic (exact) mass is 433 g/mol. The van der Waals surface area contributed by atoms with E-state index in [4.69, 9.17) is 9.57 Å². The van der Waals surface area contributed by atoms with Crippen LogP contribution in [0.15, 0.2) is 34.8 Å². The van der Waals surface area contributed by atoms with Crippen molar-refractivity contribution in [2.75, 3.05) is 5.32 Å². The van der Waals surface area contributed by atoms with Crippen LogP contribution < -0.4 is 5.32 Å². The fraction of sp³-hybridized carbons (Fsp3) is 0.263. The maximum atomic E-state index is 11.8. The fourth-order valence-electron chi connectivity index (χ4n) is 2.03. The molecule has 2 rings (SSSR count). The minimum absolute atomic E-state index is 0.00508. The molecule has 1 heterocycles. The molecule has 2 aromatic rings. The van der Waals surface area contributed by atoms with Crippen LogP contribution in [0.2, 0.25) is 0 Å². The Labute approximate surface area is 175 Å². The van der Waals surface area contributed by atoms with Gasteiger partial charge in [-0.3, -0.25) is 14.9 Å². The molecule has 30 heavy (non-hydrogen) atoms. The molecule has 0 aliphatic heterocycles. The van der Waals surface area contributed by atoms with Crippen molar-refractivity contribution in [1.82, 2.24) is 4.98 Å². The molecule has 0 bridgehead atoms. The molecule has 11 heteroatoms. The highest BCUT2D eigenvalue weighted by Gasteiger charge is 2.20. The average molecular weight is 433 g/mol. The molecule has 1 amide bonds. The first kappa shape index (κ1) is 22.7. The van der Waals surface area contributed by atoms with Gasteiger partial charge < -0.3 is 14.7 Å². The van der Waals surface area contributed by atoms with Crippen LogP contribution >= 0.6 is 11.3 Å². The summed E-state index contributed by atoms with van der Waals surface area (Å²) in [4.78, 5) is 54.1. The van der Waals surface area contributed by atoms with Gasteiger partial charge in [-0.15, -0.1) is 11.3 Å². The van der Waals surface area contributed by atoms with Gasteiger partial charge in [0.2, 0.25) is 11.5 Å². The Morgan fingerprint density at radius 2 is 1.90 bits per heavy atom. The van der Waals surface area contributed by atoms with Crippen LogP contribution in [-0.4, -0.2) is 45.5 Å². The standard InChI is InChI=1S/C19H19N3O7S/c1-19(2,3)29-18(27)21-17-20-13(10-30-17)15(16(25)26)22-28-9-11-4-6-12(7-5-11)14(24)8-23/h4-8,10H,9H2,1-3H3,(H,25,26)(H,20,21,27)/b22-15-. The largest absolute Gasteiger partial charge is 0.476 e. The van der Waals surface area contributed by atoms with Crippen LogP contribution in [-0.2, 0) is 25.8 Å². The van der Waals surface area contributed by atoms with E-state index in [0.717, 1.165) is 11.3 Å². The maximum absolute atomic E-state index is 11.8. The Balaban J connectivity index is 2.03. The summed E-state index contributed by atoms with van der Waals surface area (Å²) in [6.07, 6.45) is -0.501. The molecule has 0 unspecified atom stereocenters. The van der Waals surface area contributed by atoms with Crippen LogP contribution in [0, 0.1) is 0 Å². The number of carbonyl (C=O) groups excluding carboxylic acids is 3. The smallest absolute Gasteiger partial charge is 0.413 e. The second-order valence-corrected chi connectivity index (χ2v) is 7.72. The van der Waals surface area contributed by atoms with E-state index in [2.05, 4.69) is 15.5 Å². The Bertz CT molecular complexity index is 975. The average Bonchev–Trinajstić information content (AvgIpc) is 3.11. The van der Waals surface area contributed by atoms with Crippen molar-refractivity contribution >= 4 is 46.3 Å². The number of aromatic nitrogens is 1. The van der Waals surface area contributed by atoms with Crippen molar-refractivity contribution in [2.45, 2.75) is 33.0 Å². The first-order valence-electron chi connectivity index (χ1n) is 8.56. The van der Waals surface area contributed by atoms with Gasteiger partial charge in [0.25, 0.3) is 0 Å². The second-order valence-electron chi connectivity index (χ2n) is 6.86. The Kier molecular flexibility index (Phi) is 7.37. The summed E-state index contributed by atoms with van der Waals surface area (Å²) in [6, 6.07) is 6.01. The first-order valence-corrected chi connectivity index (χ1v) is 9.44. The van der Waals surface area contributed by atoms with Gasteiger partial charge in [-0.05, 0) is 26.3 Å². The highest BCUT2D eigenvalue weighted by Crippen LogP contribution is 2.18. The van der Waals surface area contributed by atoms with E-state index in [-0.39, 0.29) is 29.3 Å². The fourth-order valence-corrected chi connectivity index (χ4v) is 2.71. The first-order chi connectivity index (χ1) is 14.1. The molecule has 0 aliphatic rings. The highest BCUT2D eigenvalue weighted by molar-refractivity contribution is 7.14. The molecule has 2 N–H and O–H groups in total. The van der Waals surface area contributed by atoms with Gasteiger partial charge in [0, 0.05) is 10.9 Å². The molecule has 0 saturated heterocycles. The van der Waals surface area contributed by atoms with Crippen LogP contribution in [0.4, 0.5) is 9.93 Å². The summed E-state index contributed by atoms with van der Waals surface area (Å²) in [7, 11) is 0. The number of hydrogen-bond acceptors (Lipinski definition) is 9. The molecular formula is C19H19N3O7S. The van der Waals surface area contributed by atoms with E-state index in [1.165, 1.54) is 17.5 Å². The predicted octanol–water partition coefficient (Wildman–Crippen LogP) is 2.88.